The molecule has 3 aromatic rings. The van der Waals surface area contributed by atoms with Crippen LogP contribution in [0, 0.1) is 18.3 Å². The minimum absolute atomic E-state index is 0.0309. The molecule has 7 heteroatoms. The molecule has 0 bridgehead atoms. The molecule has 0 aliphatic carbocycles. The van der Waals surface area contributed by atoms with Crippen molar-refractivity contribution in [3.8, 4) is 23.8 Å². The number of hydrogen-bond donors (Lipinski definition) is 0. The van der Waals surface area contributed by atoms with E-state index in [1.54, 1.807) is 41.3 Å². The first-order valence-electron chi connectivity index (χ1n) is 9.08. The van der Waals surface area contributed by atoms with Gasteiger partial charge in [0, 0.05) is 15.6 Å². The topological polar surface area (TPSA) is 49.2 Å². The van der Waals surface area contributed by atoms with Crippen molar-refractivity contribution in [3.05, 3.63) is 70.7 Å². The van der Waals surface area contributed by atoms with Crippen LogP contribution in [0.2, 0.25) is 10.0 Å². The summed E-state index contributed by atoms with van der Waals surface area (Å²) in [5, 5.41) is 5.43. The third-order valence-electron chi connectivity index (χ3n) is 4.65. The van der Waals surface area contributed by atoms with Crippen molar-refractivity contribution < 1.29 is 9.47 Å². The SMILES string of the molecule is C#CCOC(Cn1cncn1)(c1cc(Oc2ccc(Cl)cc2)ccc1Cl)C(C)C. The second kappa shape index (κ2) is 9.32. The zero-order valence-corrected chi connectivity index (χ0v) is 17.7. The van der Waals surface area contributed by atoms with Crippen molar-refractivity contribution in [3.63, 3.8) is 0 Å². The maximum absolute atomic E-state index is 6.62. The van der Waals surface area contributed by atoms with Crippen molar-refractivity contribution >= 4 is 23.2 Å². The Morgan fingerprint density at radius 3 is 2.48 bits per heavy atom. The molecule has 0 aliphatic rings. The van der Waals surface area contributed by atoms with E-state index in [1.807, 2.05) is 12.1 Å². The van der Waals surface area contributed by atoms with Gasteiger partial charge in [0.25, 0.3) is 0 Å². The van der Waals surface area contributed by atoms with Crippen molar-refractivity contribution in [1.82, 2.24) is 14.8 Å². The normalized spacial score (nSPS) is 13.1. The predicted octanol–water partition coefficient (Wildman–Crippen LogP) is 5.58. The van der Waals surface area contributed by atoms with Gasteiger partial charge < -0.3 is 9.47 Å². The van der Waals surface area contributed by atoms with E-state index in [0.717, 1.165) is 5.56 Å². The Hall–Kier alpha value is -2.52. The molecular weight excluding hydrogens is 409 g/mol. The molecule has 1 unspecified atom stereocenters. The maximum atomic E-state index is 6.62. The van der Waals surface area contributed by atoms with Gasteiger partial charge in [-0.3, -0.25) is 0 Å². The summed E-state index contributed by atoms with van der Waals surface area (Å²) in [5.41, 5.74) is -0.0531. The smallest absolute Gasteiger partial charge is 0.137 e. The van der Waals surface area contributed by atoms with Gasteiger partial charge in [-0.15, -0.1) is 6.42 Å². The summed E-state index contributed by atoms with van der Waals surface area (Å²) in [7, 11) is 0. The minimum atomic E-state index is -0.823. The molecule has 0 N–H and O–H groups in total. The molecule has 1 heterocycles. The lowest BCUT2D eigenvalue weighted by atomic mass is 9.82. The van der Waals surface area contributed by atoms with Gasteiger partial charge in [0.2, 0.25) is 0 Å². The summed E-state index contributed by atoms with van der Waals surface area (Å²) < 4.78 is 13.9. The van der Waals surface area contributed by atoms with E-state index in [1.165, 1.54) is 6.33 Å². The first-order chi connectivity index (χ1) is 13.9. The summed E-state index contributed by atoms with van der Waals surface area (Å²) >= 11 is 12.6. The Morgan fingerprint density at radius 2 is 1.86 bits per heavy atom. The fourth-order valence-corrected chi connectivity index (χ4v) is 3.53. The molecule has 5 nitrogen and oxygen atoms in total. The monoisotopic (exact) mass is 429 g/mol. The summed E-state index contributed by atoms with van der Waals surface area (Å²) in [6, 6.07) is 12.6. The zero-order chi connectivity index (χ0) is 20.9. The van der Waals surface area contributed by atoms with E-state index in [9.17, 15) is 0 Å². The Kier molecular flexibility index (Phi) is 6.81. The summed E-state index contributed by atoms with van der Waals surface area (Å²) in [5.74, 6) is 3.87. The fourth-order valence-electron chi connectivity index (χ4n) is 3.13. The van der Waals surface area contributed by atoms with Crippen LogP contribution in [0.3, 0.4) is 0 Å². The molecule has 3 rings (SSSR count). The number of aromatic nitrogens is 3. The molecule has 1 aromatic heterocycles. The lowest BCUT2D eigenvalue weighted by Crippen LogP contribution is -2.40. The van der Waals surface area contributed by atoms with Gasteiger partial charge in [0.15, 0.2) is 0 Å². The number of terminal acetylenes is 1. The van der Waals surface area contributed by atoms with E-state index in [0.29, 0.717) is 28.1 Å². The second-order valence-electron chi connectivity index (χ2n) is 6.83. The highest BCUT2D eigenvalue weighted by molar-refractivity contribution is 6.31. The van der Waals surface area contributed by atoms with E-state index >= 15 is 0 Å². The van der Waals surface area contributed by atoms with Crippen LogP contribution >= 0.6 is 23.2 Å². The third kappa shape index (κ3) is 4.91. The van der Waals surface area contributed by atoms with Crippen LogP contribution in [0.5, 0.6) is 11.5 Å². The molecule has 1 atom stereocenters. The molecule has 0 aliphatic heterocycles. The quantitative estimate of drug-likeness (QED) is 0.438. The molecule has 0 fully saturated rings. The summed E-state index contributed by atoms with van der Waals surface area (Å²) in [4.78, 5) is 4.03. The molecule has 0 amide bonds. The van der Waals surface area contributed by atoms with Gasteiger partial charge in [0.1, 0.15) is 36.4 Å². The predicted molar refractivity (Wildman–Crippen MR) is 114 cm³/mol. The van der Waals surface area contributed by atoms with E-state index in [-0.39, 0.29) is 12.5 Å². The van der Waals surface area contributed by atoms with Gasteiger partial charge in [0.05, 0.1) is 6.54 Å². The third-order valence-corrected chi connectivity index (χ3v) is 5.23. The van der Waals surface area contributed by atoms with Crippen molar-refractivity contribution in [2.24, 2.45) is 5.92 Å². The first-order valence-corrected chi connectivity index (χ1v) is 9.83. The van der Waals surface area contributed by atoms with Gasteiger partial charge in [-0.05, 0) is 48.4 Å². The van der Waals surface area contributed by atoms with Crippen LogP contribution < -0.4 is 4.74 Å². The number of benzene rings is 2. The van der Waals surface area contributed by atoms with Crippen molar-refractivity contribution in [2.45, 2.75) is 26.0 Å². The van der Waals surface area contributed by atoms with Crippen LogP contribution in [-0.4, -0.2) is 21.4 Å². The number of hydrogen-bond acceptors (Lipinski definition) is 4. The number of rotatable bonds is 8. The van der Waals surface area contributed by atoms with Crippen LogP contribution in [0.4, 0.5) is 0 Å². The number of halogens is 2. The summed E-state index contributed by atoms with van der Waals surface area (Å²) in [6.45, 7) is 4.63. The zero-order valence-electron chi connectivity index (χ0n) is 16.2. The highest BCUT2D eigenvalue weighted by atomic mass is 35.5. The van der Waals surface area contributed by atoms with Crippen molar-refractivity contribution in [1.29, 1.82) is 0 Å². The standard InChI is InChI=1S/C22H21Cl2N3O2/c1-4-11-28-22(16(2)3,13-27-15-25-14-26-27)20-12-19(9-10-21(20)24)29-18-7-5-17(23)6-8-18/h1,5-10,12,14-16H,11,13H2,2-3H3. The minimum Gasteiger partial charge on any atom is -0.457 e. The van der Waals surface area contributed by atoms with Crippen LogP contribution in [0.25, 0.3) is 0 Å². The molecule has 29 heavy (non-hydrogen) atoms. The van der Waals surface area contributed by atoms with Crippen LogP contribution in [0.1, 0.15) is 19.4 Å². The largest absolute Gasteiger partial charge is 0.457 e. The highest BCUT2D eigenvalue weighted by Gasteiger charge is 2.40. The van der Waals surface area contributed by atoms with Gasteiger partial charge in [-0.1, -0.05) is 43.0 Å². The Labute approximate surface area is 180 Å². The average molecular weight is 430 g/mol. The Balaban J connectivity index is 2.03. The maximum Gasteiger partial charge on any atom is 0.137 e. The van der Waals surface area contributed by atoms with E-state index in [2.05, 4.69) is 29.9 Å². The molecule has 0 spiro atoms. The van der Waals surface area contributed by atoms with Gasteiger partial charge >= 0.3 is 0 Å². The molecule has 2 aromatic carbocycles. The van der Waals surface area contributed by atoms with Gasteiger partial charge in [-0.25, -0.2) is 9.67 Å². The summed E-state index contributed by atoms with van der Waals surface area (Å²) in [6.07, 6.45) is 8.61. The van der Waals surface area contributed by atoms with Crippen LogP contribution in [0.15, 0.2) is 55.1 Å². The Morgan fingerprint density at radius 1 is 1.14 bits per heavy atom. The molecule has 0 saturated carbocycles. The highest BCUT2D eigenvalue weighted by Crippen LogP contribution is 2.41. The number of ether oxygens (including phenoxy) is 2. The lowest BCUT2D eigenvalue weighted by molar-refractivity contribution is -0.0846. The molecule has 0 radical (unpaired) electrons. The van der Waals surface area contributed by atoms with E-state index < -0.39 is 5.60 Å². The van der Waals surface area contributed by atoms with Crippen LogP contribution in [-0.2, 0) is 16.9 Å². The Bertz CT molecular complexity index is 982. The first kappa shape index (κ1) is 21.2. The molecule has 0 saturated heterocycles. The number of nitrogens with zero attached hydrogens (tertiary/aromatic N) is 3. The average Bonchev–Trinajstić information content (AvgIpc) is 3.21. The molecule has 150 valence electrons. The lowest BCUT2D eigenvalue weighted by Gasteiger charge is -2.38. The fraction of sp³-hybridized carbons (Fsp3) is 0.273. The van der Waals surface area contributed by atoms with Crippen molar-refractivity contribution in [2.75, 3.05) is 6.61 Å². The van der Waals surface area contributed by atoms with E-state index in [4.69, 9.17) is 39.1 Å². The second-order valence-corrected chi connectivity index (χ2v) is 7.67. The molecular formula is C22H21Cl2N3O2. The van der Waals surface area contributed by atoms with Gasteiger partial charge in [-0.2, -0.15) is 5.10 Å².